The zero-order chi connectivity index (χ0) is 13.9. The van der Waals surface area contributed by atoms with Crippen molar-refractivity contribution in [3.8, 4) is 5.75 Å². The highest BCUT2D eigenvalue weighted by Crippen LogP contribution is 2.35. The number of benzene rings is 1. The maximum atomic E-state index is 5.92. The van der Waals surface area contributed by atoms with Crippen molar-refractivity contribution in [2.45, 2.75) is 38.8 Å². The van der Waals surface area contributed by atoms with Gasteiger partial charge in [0.25, 0.3) is 0 Å². The Morgan fingerprint density at radius 3 is 2.95 bits per heavy atom. The van der Waals surface area contributed by atoms with Gasteiger partial charge in [-0.15, -0.1) is 0 Å². The molecule has 0 radical (unpaired) electrons. The van der Waals surface area contributed by atoms with Crippen molar-refractivity contribution in [2.75, 3.05) is 6.61 Å². The molecule has 1 aliphatic heterocycles. The number of nitrogens with one attached hydrogen (secondary N) is 1. The van der Waals surface area contributed by atoms with Gasteiger partial charge in [0.15, 0.2) is 0 Å². The lowest BCUT2D eigenvalue weighted by atomic mass is 9.99. The minimum Gasteiger partial charge on any atom is -0.493 e. The summed E-state index contributed by atoms with van der Waals surface area (Å²) in [7, 11) is 0. The molecule has 2 atom stereocenters. The molecule has 0 saturated carbocycles. The van der Waals surface area contributed by atoms with Crippen LogP contribution in [0.25, 0.3) is 0 Å². The summed E-state index contributed by atoms with van der Waals surface area (Å²) in [6.07, 6.45) is 3.87. The van der Waals surface area contributed by atoms with Crippen molar-refractivity contribution in [1.29, 1.82) is 0 Å². The lowest BCUT2D eigenvalue weighted by molar-refractivity contribution is 0.312. The van der Waals surface area contributed by atoms with Crippen LogP contribution in [0.5, 0.6) is 5.75 Å². The van der Waals surface area contributed by atoms with Crippen LogP contribution in [0, 0.1) is 6.92 Å². The highest BCUT2D eigenvalue weighted by atomic mass is 16.5. The van der Waals surface area contributed by atoms with Crippen LogP contribution in [0.2, 0.25) is 0 Å². The molecule has 1 aromatic carbocycles. The molecule has 0 spiro atoms. The summed E-state index contributed by atoms with van der Waals surface area (Å²) in [6, 6.07) is 10.8. The largest absolute Gasteiger partial charge is 0.493 e. The Labute approximate surface area is 119 Å². The second-order valence-corrected chi connectivity index (χ2v) is 5.44. The molecule has 3 nitrogen and oxygen atoms in total. The summed E-state index contributed by atoms with van der Waals surface area (Å²) in [5.74, 6) is 2.03. The standard InChI is InChI=1S/C17H21NO2/c1-12-6-3-7-14-15(8-4-11-20-17(12)14)18-13(2)16-9-5-10-19-16/h3,5-7,9-10,13,15,18H,4,8,11H2,1-2H3. The molecule has 0 fully saturated rings. The van der Waals surface area contributed by atoms with Gasteiger partial charge in [0.05, 0.1) is 18.9 Å². The van der Waals surface area contributed by atoms with Crippen LogP contribution in [0.4, 0.5) is 0 Å². The van der Waals surface area contributed by atoms with Gasteiger partial charge in [0.2, 0.25) is 0 Å². The Morgan fingerprint density at radius 1 is 1.25 bits per heavy atom. The minimum atomic E-state index is 0.196. The van der Waals surface area contributed by atoms with E-state index < -0.39 is 0 Å². The van der Waals surface area contributed by atoms with E-state index in [-0.39, 0.29) is 6.04 Å². The van der Waals surface area contributed by atoms with Crippen molar-refractivity contribution in [3.05, 3.63) is 53.5 Å². The molecule has 2 aromatic rings. The van der Waals surface area contributed by atoms with E-state index in [4.69, 9.17) is 9.15 Å². The first-order valence-corrected chi connectivity index (χ1v) is 7.27. The first kappa shape index (κ1) is 13.3. The molecule has 1 aromatic heterocycles. The number of aryl methyl sites for hydroxylation is 1. The number of hydrogen-bond donors (Lipinski definition) is 1. The zero-order valence-electron chi connectivity index (χ0n) is 12.1. The molecule has 106 valence electrons. The molecule has 0 aliphatic carbocycles. The fraction of sp³-hybridized carbons (Fsp3) is 0.412. The summed E-state index contributed by atoms with van der Waals surface area (Å²) in [5.41, 5.74) is 2.47. The van der Waals surface area contributed by atoms with E-state index in [0.717, 1.165) is 31.0 Å². The van der Waals surface area contributed by atoms with Gasteiger partial charge in [-0.3, -0.25) is 0 Å². The van der Waals surface area contributed by atoms with Crippen LogP contribution in [0.1, 0.15) is 48.7 Å². The topological polar surface area (TPSA) is 34.4 Å². The fourth-order valence-electron chi connectivity index (χ4n) is 2.86. The van der Waals surface area contributed by atoms with E-state index in [9.17, 15) is 0 Å². The van der Waals surface area contributed by atoms with Gasteiger partial charge in [0, 0.05) is 11.6 Å². The first-order valence-electron chi connectivity index (χ1n) is 7.27. The Kier molecular flexibility index (Phi) is 3.79. The third-order valence-corrected chi connectivity index (χ3v) is 3.92. The maximum Gasteiger partial charge on any atom is 0.126 e. The van der Waals surface area contributed by atoms with E-state index >= 15 is 0 Å². The normalized spacial score (nSPS) is 19.8. The predicted molar refractivity (Wildman–Crippen MR) is 78.9 cm³/mol. The molecule has 3 heteroatoms. The summed E-state index contributed by atoms with van der Waals surface area (Å²) < 4.78 is 11.4. The molecule has 0 saturated heterocycles. The van der Waals surface area contributed by atoms with Gasteiger partial charge in [0.1, 0.15) is 11.5 Å². The van der Waals surface area contributed by atoms with Crippen molar-refractivity contribution in [3.63, 3.8) is 0 Å². The summed E-state index contributed by atoms with van der Waals surface area (Å²) in [6.45, 7) is 5.04. The second-order valence-electron chi connectivity index (χ2n) is 5.44. The zero-order valence-corrected chi connectivity index (χ0v) is 12.1. The average Bonchev–Trinajstić information content (AvgIpc) is 2.90. The lowest BCUT2D eigenvalue weighted by Crippen LogP contribution is -2.24. The van der Waals surface area contributed by atoms with Gasteiger partial charge in [-0.1, -0.05) is 18.2 Å². The molecule has 2 unspecified atom stereocenters. The number of furan rings is 1. The van der Waals surface area contributed by atoms with Crippen LogP contribution >= 0.6 is 0 Å². The van der Waals surface area contributed by atoms with Crippen LogP contribution in [0.15, 0.2) is 41.0 Å². The number of para-hydroxylation sites is 1. The lowest BCUT2D eigenvalue weighted by Gasteiger charge is -2.22. The number of fused-ring (bicyclic) bond motifs is 1. The fourth-order valence-corrected chi connectivity index (χ4v) is 2.86. The van der Waals surface area contributed by atoms with E-state index in [1.165, 1.54) is 11.1 Å². The van der Waals surface area contributed by atoms with Gasteiger partial charge in [-0.05, 0) is 44.4 Å². The first-order chi connectivity index (χ1) is 9.75. The molecule has 3 rings (SSSR count). The van der Waals surface area contributed by atoms with Crippen LogP contribution in [0.3, 0.4) is 0 Å². The van der Waals surface area contributed by atoms with E-state index in [2.05, 4.69) is 37.4 Å². The van der Waals surface area contributed by atoms with Gasteiger partial charge in [-0.2, -0.15) is 0 Å². The maximum absolute atomic E-state index is 5.92. The quantitative estimate of drug-likeness (QED) is 0.910. The van der Waals surface area contributed by atoms with Crippen LogP contribution in [-0.4, -0.2) is 6.61 Å². The SMILES string of the molecule is Cc1cccc2c1OCCCC2NC(C)c1ccco1. The smallest absolute Gasteiger partial charge is 0.126 e. The third kappa shape index (κ3) is 2.59. The highest BCUT2D eigenvalue weighted by Gasteiger charge is 2.23. The van der Waals surface area contributed by atoms with E-state index in [1.54, 1.807) is 6.26 Å². The molecule has 0 bridgehead atoms. The number of hydrogen-bond acceptors (Lipinski definition) is 3. The van der Waals surface area contributed by atoms with Gasteiger partial charge < -0.3 is 14.5 Å². The average molecular weight is 271 g/mol. The highest BCUT2D eigenvalue weighted by molar-refractivity contribution is 5.43. The van der Waals surface area contributed by atoms with E-state index in [0.29, 0.717) is 6.04 Å². The summed E-state index contributed by atoms with van der Waals surface area (Å²) in [4.78, 5) is 0. The van der Waals surface area contributed by atoms with Crippen LogP contribution < -0.4 is 10.1 Å². The minimum absolute atomic E-state index is 0.196. The van der Waals surface area contributed by atoms with Crippen molar-refractivity contribution in [2.24, 2.45) is 0 Å². The van der Waals surface area contributed by atoms with Crippen molar-refractivity contribution in [1.82, 2.24) is 5.32 Å². The van der Waals surface area contributed by atoms with Gasteiger partial charge in [-0.25, -0.2) is 0 Å². The third-order valence-electron chi connectivity index (χ3n) is 3.92. The van der Waals surface area contributed by atoms with Crippen molar-refractivity contribution >= 4 is 0 Å². The number of rotatable bonds is 3. The van der Waals surface area contributed by atoms with Crippen molar-refractivity contribution < 1.29 is 9.15 Å². The molecule has 20 heavy (non-hydrogen) atoms. The molecule has 1 aliphatic rings. The molecule has 1 N–H and O–H groups in total. The second kappa shape index (κ2) is 5.71. The Balaban J connectivity index is 1.85. The van der Waals surface area contributed by atoms with Gasteiger partial charge >= 0.3 is 0 Å². The predicted octanol–water partition coefficient (Wildman–Crippen LogP) is 4.15. The number of ether oxygens (including phenoxy) is 1. The molecular weight excluding hydrogens is 250 g/mol. The Bertz CT molecular complexity index is 562. The summed E-state index contributed by atoms with van der Waals surface area (Å²) in [5, 5.41) is 3.67. The summed E-state index contributed by atoms with van der Waals surface area (Å²) >= 11 is 0. The molecule has 2 heterocycles. The molecule has 0 amide bonds. The van der Waals surface area contributed by atoms with Crippen LogP contribution in [-0.2, 0) is 0 Å². The van der Waals surface area contributed by atoms with E-state index in [1.807, 2.05) is 12.1 Å². The molecular formula is C17H21NO2. The Morgan fingerprint density at radius 2 is 2.15 bits per heavy atom. The monoisotopic (exact) mass is 271 g/mol. The Hall–Kier alpha value is -1.74.